The van der Waals surface area contributed by atoms with Crippen LogP contribution in [0.15, 0.2) is 48.7 Å². The number of imidazole rings is 1. The molecule has 0 atom stereocenters. The Bertz CT molecular complexity index is 1150. The van der Waals surface area contributed by atoms with Crippen LogP contribution in [0.5, 0.6) is 5.75 Å². The third kappa shape index (κ3) is 3.16. The molecule has 1 N–H and O–H groups in total. The molecule has 4 rings (SSSR count). The van der Waals surface area contributed by atoms with E-state index in [1.165, 1.54) is 11.3 Å². The molecule has 4 aromatic rings. The van der Waals surface area contributed by atoms with Crippen molar-refractivity contribution in [1.82, 2.24) is 9.38 Å². The summed E-state index contributed by atoms with van der Waals surface area (Å²) >= 11 is 1.40. The minimum absolute atomic E-state index is 0.101. The number of methoxy groups -OCH3 is 1. The van der Waals surface area contributed by atoms with Crippen LogP contribution in [0.25, 0.3) is 16.2 Å². The number of anilines is 1. The average molecular weight is 391 g/mol. The maximum Gasteiger partial charge on any atom is 0.267 e. The van der Waals surface area contributed by atoms with E-state index >= 15 is 0 Å². The topological polar surface area (TPSA) is 55.6 Å². The summed E-state index contributed by atoms with van der Waals surface area (Å²) in [6.45, 7) is 5.94. The van der Waals surface area contributed by atoms with Crippen molar-refractivity contribution in [2.45, 2.75) is 20.8 Å². The third-order valence-electron chi connectivity index (χ3n) is 4.87. The smallest absolute Gasteiger partial charge is 0.267 e. The van der Waals surface area contributed by atoms with Crippen molar-refractivity contribution >= 4 is 27.9 Å². The van der Waals surface area contributed by atoms with E-state index in [0.717, 1.165) is 44.5 Å². The van der Waals surface area contributed by atoms with E-state index in [4.69, 9.17) is 9.72 Å². The molecule has 2 aromatic heterocycles. The van der Waals surface area contributed by atoms with Gasteiger partial charge in [-0.3, -0.25) is 9.20 Å². The van der Waals surface area contributed by atoms with Gasteiger partial charge in [0.15, 0.2) is 4.96 Å². The lowest BCUT2D eigenvalue weighted by Crippen LogP contribution is -2.13. The number of aryl methyl sites for hydroxylation is 3. The second kappa shape index (κ2) is 7.13. The fourth-order valence-corrected chi connectivity index (χ4v) is 4.25. The molecule has 0 spiro atoms. The first-order valence-corrected chi connectivity index (χ1v) is 9.80. The Balaban J connectivity index is 1.65. The van der Waals surface area contributed by atoms with Crippen LogP contribution in [0.4, 0.5) is 5.69 Å². The molecule has 2 aromatic carbocycles. The minimum Gasteiger partial charge on any atom is -0.497 e. The molecule has 6 heteroatoms. The monoisotopic (exact) mass is 391 g/mol. The van der Waals surface area contributed by atoms with E-state index in [2.05, 4.69) is 5.32 Å². The predicted octanol–water partition coefficient (Wildman–Crippen LogP) is 5.25. The quantitative estimate of drug-likeness (QED) is 0.517. The number of hydrogen-bond donors (Lipinski definition) is 1. The van der Waals surface area contributed by atoms with Gasteiger partial charge in [-0.2, -0.15) is 0 Å². The largest absolute Gasteiger partial charge is 0.497 e. The molecule has 28 heavy (non-hydrogen) atoms. The van der Waals surface area contributed by atoms with Crippen molar-refractivity contribution in [3.63, 3.8) is 0 Å². The van der Waals surface area contributed by atoms with E-state index in [1.807, 2.05) is 73.8 Å². The Labute approximate surface area is 167 Å². The maximum absolute atomic E-state index is 12.9. The number of benzene rings is 2. The van der Waals surface area contributed by atoms with Gasteiger partial charge >= 0.3 is 0 Å². The van der Waals surface area contributed by atoms with Crippen molar-refractivity contribution in [3.8, 4) is 17.0 Å². The van der Waals surface area contributed by atoms with Gasteiger partial charge in [-0.1, -0.05) is 29.5 Å². The summed E-state index contributed by atoms with van der Waals surface area (Å²) in [5.74, 6) is 0.711. The normalized spacial score (nSPS) is 11.0. The van der Waals surface area contributed by atoms with Gasteiger partial charge in [-0.15, -0.1) is 0 Å². The number of carbonyl (C=O) groups excluding carboxylic acids is 1. The van der Waals surface area contributed by atoms with Crippen molar-refractivity contribution in [2.75, 3.05) is 12.4 Å². The molecule has 0 aliphatic rings. The highest BCUT2D eigenvalue weighted by Gasteiger charge is 2.19. The SMILES string of the molecule is COc1ccc(-c2cn3c(C)c(C(=O)Nc4c(C)cccc4C)sc3n2)cc1. The van der Waals surface area contributed by atoms with Crippen molar-refractivity contribution in [3.05, 3.63) is 70.4 Å². The predicted molar refractivity (Wildman–Crippen MR) is 114 cm³/mol. The number of nitrogens with zero attached hydrogens (tertiary/aromatic N) is 2. The number of aromatic nitrogens is 2. The number of nitrogens with one attached hydrogen (secondary N) is 1. The Kier molecular flexibility index (Phi) is 4.65. The highest BCUT2D eigenvalue weighted by Crippen LogP contribution is 2.29. The molecule has 1 amide bonds. The van der Waals surface area contributed by atoms with Crippen molar-refractivity contribution in [1.29, 1.82) is 0 Å². The lowest BCUT2D eigenvalue weighted by Gasteiger charge is -2.10. The summed E-state index contributed by atoms with van der Waals surface area (Å²) in [4.78, 5) is 19.1. The summed E-state index contributed by atoms with van der Waals surface area (Å²) in [6.07, 6.45) is 1.97. The first-order chi connectivity index (χ1) is 13.5. The van der Waals surface area contributed by atoms with E-state index in [1.54, 1.807) is 7.11 Å². The number of fused-ring (bicyclic) bond motifs is 1. The van der Waals surface area contributed by atoms with E-state index in [-0.39, 0.29) is 5.91 Å². The molecule has 0 saturated carbocycles. The number of amides is 1. The van der Waals surface area contributed by atoms with Crippen LogP contribution in [0.2, 0.25) is 0 Å². The molecular weight excluding hydrogens is 370 g/mol. The summed E-state index contributed by atoms with van der Waals surface area (Å²) in [6, 6.07) is 13.8. The summed E-state index contributed by atoms with van der Waals surface area (Å²) < 4.78 is 7.18. The zero-order valence-corrected chi connectivity index (χ0v) is 17.1. The lowest BCUT2D eigenvalue weighted by atomic mass is 10.1. The zero-order chi connectivity index (χ0) is 19.8. The number of para-hydroxylation sites is 1. The van der Waals surface area contributed by atoms with Crippen LogP contribution in [0.3, 0.4) is 0 Å². The van der Waals surface area contributed by atoms with E-state index < -0.39 is 0 Å². The Morgan fingerprint density at radius 3 is 2.36 bits per heavy atom. The molecule has 0 aliphatic carbocycles. The molecule has 0 saturated heterocycles. The second-order valence-electron chi connectivity index (χ2n) is 6.74. The van der Waals surface area contributed by atoms with Gasteiger partial charge in [0, 0.05) is 23.1 Å². The fraction of sp³-hybridized carbons (Fsp3) is 0.182. The van der Waals surface area contributed by atoms with Gasteiger partial charge in [0.25, 0.3) is 5.91 Å². The minimum atomic E-state index is -0.101. The van der Waals surface area contributed by atoms with Crippen LogP contribution in [0.1, 0.15) is 26.5 Å². The molecule has 0 bridgehead atoms. The highest BCUT2D eigenvalue weighted by molar-refractivity contribution is 7.19. The molecular formula is C22H21N3O2S. The standard InChI is InChI=1S/C22H21N3O2S/c1-13-6-5-7-14(2)19(13)24-21(26)20-15(3)25-12-18(23-22(25)28-20)16-8-10-17(27-4)11-9-16/h5-12H,1-4H3,(H,24,26). The molecule has 2 heterocycles. The summed E-state index contributed by atoms with van der Waals surface area (Å²) in [5, 5.41) is 3.06. The summed E-state index contributed by atoms with van der Waals surface area (Å²) in [5.41, 5.74) is 5.74. The van der Waals surface area contributed by atoms with Crippen LogP contribution in [-0.4, -0.2) is 22.4 Å². The maximum atomic E-state index is 12.9. The molecule has 5 nitrogen and oxygen atoms in total. The zero-order valence-electron chi connectivity index (χ0n) is 16.2. The molecule has 0 fully saturated rings. The van der Waals surface area contributed by atoms with Crippen LogP contribution in [-0.2, 0) is 0 Å². The molecule has 0 aliphatic heterocycles. The average Bonchev–Trinajstić information content (AvgIpc) is 3.24. The van der Waals surface area contributed by atoms with E-state index in [0.29, 0.717) is 4.88 Å². The molecule has 0 radical (unpaired) electrons. The van der Waals surface area contributed by atoms with Gasteiger partial charge < -0.3 is 10.1 Å². The number of ether oxygens (including phenoxy) is 1. The van der Waals surface area contributed by atoms with Crippen molar-refractivity contribution < 1.29 is 9.53 Å². The first-order valence-electron chi connectivity index (χ1n) is 8.98. The fourth-order valence-electron chi connectivity index (χ4n) is 3.24. The van der Waals surface area contributed by atoms with Crippen LogP contribution >= 0.6 is 11.3 Å². The number of thiazole rings is 1. The molecule has 0 unspecified atom stereocenters. The van der Waals surface area contributed by atoms with Gasteiger partial charge in [0.2, 0.25) is 0 Å². The number of rotatable bonds is 4. The Morgan fingerprint density at radius 1 is 1.07 bits per heavy atom. The van der Waals surface area contributed by atoms with Gasteiger partial charge in [0.05, 0.1) is 12.8 Å². The number of carbonyl (C=O) groups is 1. The summed E-state index contributed by atoms with van der Waals surface area (Å²) in [7, 11) is 1.65. The Morgan fingerprint density at radius 2 is 1.75 bits per heavy atom. The van der Waals surface area contributed by atoms with Crippen LogP contribution < -0.4 is 10.1 Å². The van der Waals surface area contributed by atoms with Gasteiger partial charge in [-0.05, 0) is 56.2 Å². The second-order valence-corrected chi connectivity index (χ2v) is 7.72. The molecule has 142 valence electrons. The van der Waals surface area contributed by atoms with Gasteiger partial charge in [-0.25, -0.2) is 4.98 Å². The van der Waals surface area contributed by atoms with Crippen molar-refractivity contribution in [2.24, 2.45) is 0 Å². The van der Waals surface area contributed by atoms with Crippen LogP contribution in [0, 0.1) is 20.8 Å². The van der Waals surface area contributed by atoms with E-state index in [9.17, 15) is 4.79 Å². The first kappa shape index (κ1) is 18.3. The Hall–Kier alpha value is -3.12. The highest BCUT2D eigenvalue weighted by atomic mass is 32.1. The van der Waals surface area contributed by atoms with Gasteiger partial charge in [0.1, 0.15) is 10.6 Å². The number of hydrogen-bond acceptors (Lipinski definition) is 4. The lowest BCUT2D eigenvalue weighted by molar-refractivity contribution is 0.102. The third-order valence-corrected chi connectivity index (χ3v) is 6.02.